The Hall–Kier alpha value is -2.66. The fourth-order valence-electron chi connectivity index (χ4n) is 3.88. The van der Waals surface area contributed by atoms with Crippen LogP contribution in [-0.2, 0) is 11.3 Å². The maximum atomic E-state index is 12.6. The van der Waals surface area contributed by atoms with Crippen LogP contribution in [-0.4, -0.2) is 16.2 Å². The van der Waals surface area contributed by atoms with Gasteiger partial charge in [-0.15, -0.1) is 11.8 Å². The molecule has 0 spiro atoms. The van der Waals surface area contributed by atoms with Crippen LogP contribution in [0, 0.1) is 0 Å². The van der Waals surface area contributed by atoms with Crippen LogP contribution < -0.4 is 4.90 Å². The van der Waals surface area contributed by atoms with Crippen molar-refractivity contribution in [2.45, 2.75) is 18.8 Å². The van der Waals surface area contributed by atoms with Crippen LogP contribution in [0.2, 0.25) is 0 Å². The molecule has 4 aromatic rings. The molecule has 26 heavy (non-hydrogen) atoms. The van der Waals surface area contributed by atoms with Crippen LogP contribution in [0.3, 0.4) is 0 Å². The molecule has 1 unspecified atom stereocenters. The van der Waals surface area contributed by atoms with Crippen LogP contribution in [0.5, 0.6) is 0 Å². The average molecular weight is 362 g/mol. The molecule has 1 saturated heterocycles. The van der Waals surface area contributed by atoms with Crippen LogP contribution >= 0.6 is 11.8 Å². The highest BCUT2D eigenvalue weighted by atomic mass is 32.2. The van der Waals surface area contributed by atoms with Gasteiger partial charge in [0.2, 0.25) is 5.91 Å². The Bertz CT molecular complexity index is 1110. The molecule has 1 aliphatic rings. The topological polar surface area (TPSA) is 38.4 Å². The first-order valence-corrected chi connectivity index (χ1v) is 9.81. The first kappa shape index (κ1) is 15.6. The number of aromatic nitrogens is 1. The van der Waals surface area contributed by atoms with Crippen LogP contribution in [0.1, 0.15) is 18.1 Å². The van der Waals surface area contributed by atoms with Crippen molar-refractivity contribution in [1.82, 2.24) is 4.57 Å². The van der Waals surface area contributed by atoms with Gasteiger partial charge in [0.1, 0.15) is 11.1 Å². The number of nitrogens with zero attached hydrogens (tertiary/aromatic N) is 2. The number of hydrogen-bond donors (Lipinski definition) is 0. The van der Waals surface area contributed by atoms with Gasteiger partial charge in [-0.25, -0.2) is 0 Å². The molecule has 130 valence electrons. The van der Waals surface area contributed by atoms with E-state index in [0.717, 1.165) is 18.0 Å². The van der Waals surface area contributed by atoms with Gasteiger partial charge in [0.05, 0.1) is 12.0 Å². The van der Waals surface area contributed by atoms with Crippen molar-refractivity contribution in [2.75, 3.05) is 10.7 Å². The largest absolute Gasteiger partial charge is 0.466 e. The summed E-state index contributed by atoms with van der Waals surface area (Å²) in [5.41, 5.74) is 3.35. The minimum absolute atomic E-state index is 0.102. The summed E-state index contributed by atoms with van der Waals surface area (Å²) in [6, 6.07) is 18.6. The van der Waals surface area contributed by atoms with E-state index in [1.54, 1.807) is 18.0 Å². The van der Waals surface area contributed by atoms with Gasteiger partial charge in [-0.1, -0.05) is 18.2 Å². The Labute approximate surface area is 155 Å². The highest BCUT2D eigenvalue weighted by Gasteiger charge is 2.36. The molecule has 2 aromatic carbocycles. The smallest absolute Gasteiger partial charge is 0.238 e. The Balaban J connectivity index is 1.70. The first-order valence-electron chi connectivity index (χ1n) is 8.76. The molecule has 1 amide bonds. The normalized spacial score (nSPS) is 17.7. The number of fused-ring (bicyclic) bond motifs is 3. The summed E-state index contributed by atoms with van der Waals surface area (Å²) in [6.45, 7) is 3.07. The Morgan fingerprint density at radius 1 is 1.08 bits per heavy atom. The van der Waals surface area contributed by atoms with Gasteiger partial charge in [-0.3, -0.25) is 9.69 Å². The van der Waals surface area contributed by atoms with Crippen molar-refractivity contribution >= 4 is 45.2 Å². The number of furan rings is 1. The monoisotopic (exact) mass is 362 g/mol. The van der Waals surface area contributed by atoms with E-state index in [4.69, 9.17) is 4.42 Å². The molecule has 0 saturated carbocycles. The minimum atomic E-state index is -0.102. The molecule has 5 heteroatoms. The van der Waals surface area contributed by atoms with Crippen LogP contribution in [0.4, 0.5) is 5.69 Å². The molecule has 0 bridgehead atoms. The molecule has 5 rings (SSSR count). The number of para-hydroxylation sites is 1. The summed E-state index contributed by atoms with van der Waals surface area (Å²) in [6.07, 6.45) is 1.66. The molecule has 1 atom stereocenters. The quantitative estimate of drug-likeness (QED) is 0.504. The predicted molar refractivity (Wildman–Crippen MR) is 107 cm³/mol. The number of hydrogen-bond acceptors (Lipinski definition) is 3. The van der Waals surface area contributed by atoms with E-state index in [1.807, 2.05) is 23.1 Å². The van der Waals surface area contributed by atoms with Crippen LogP contribution in [0.15, 0.2) is 65.3 Å². The summed E-state index contributed by atoms with van der Waals surface area (Å²) in [7, 11) is 0. The third-order valence-electron chi connectivity index (χ3n) is 5.00. The van der Waals surface area contributed by atoms with Gasteiger partial charge >= 0.3 is 0 Å². The Kier molecular flexibility index (Phi) is 3.57. The maximum Gasteiger partial charge on any atom is 0.238 e. The molecule has 0 N–H and O–H groups in total. The van der Waals surface area contributed by atoms with Crippen molar-refractivity contribution in [3.63, 3.8) is 0 Å². The third kappa shape index (κ3) is 2.20. The molecule has 2 aromatic heterocycles. The van der Waals surface area contributed by atoms with Crippen molar-refractivity contribution < 1.29 is 9.21 Å². The number of aryl methyl sites for hydroxylation is 1. The van der Waals surface area contributed by atoms with Crippen molar-refractivity contribution in [3.8, 4) is 0 Å². The lowest BCUT2D eigenvalue weighted by Crippen LogP contribution is -2.27. The summed E-state index contributed by atoms with van der Waals surface area (Å²) in [5.74, 6) is 1.41. The van der Waals surface area contributed by atoms with Gasteiger partial charge in [-0.05, 0) is 43.3 Å². The molecule has 1 fully saturated rings. The Morgan fingerprint density at radius 2 is 1.92 bits per heavy atom. The van der Waals surface area contributed by atoms with E-state index in [0.29, 0.717) is 5.75 Å². The number of thioether (sulfide) groups is 1. The number of amides is 1. The highest BCUT2D eigenvalue weighted by molar-refractivity contribution is 8.00. The zero-order valence-corrected chi connectivity index (χ0v) is 15.2. The second-order valence-corrected chi connectivity index (χ2v) is 7.47. The predicted octanol–water partition coefficient (Wildman–Crippen LogP) is 5.19. The van der Waals surface area contributed by atoms with E-state index in [-0.39, 0.29) is 11.3 Å². The third-order valence-corrected chi connectivity index (χ3v) is 6.18. The van der Waals surface area contributed by atoms with E-state index >= 15 is 0 Å². The summed E-state index contributed by atoms with van der Waals surface area (Å²) < 4.78 is 7.90. The molecule has 0 aliphatic carbocycles. The molecule has 4 nitrogen and oxygen atoms in total. The summed E-state index contributed by atoms with van der Waals surface area (Å²) >= 11 is 1.61. The zero-order valence-electron chi connectivity index (χ0n) is 14.4. The van der Waals surface area contributed by atoms with Gasteiger partial charge < -0.3 is 8.98 Å². The Morgan fingerprint density at radius 3 is 2.73 bits per heavy atom. The standard InChI is InChI=1S/C21H18N2O2S/c1-2-22-17-7-4-3-6-15(17)16-12-14(9-10-18(16)22)23-20(24)13-26-21(23)19-8-5-11-25-19/h3-12,21H,2,13H2,1H3. The molecular formula is C21H18N2O2S. The van der Waals surface area contributed by atoms with E-state index < -0.39 is 0 Å². The van der Waals surface area contributed by atoms with Gasteiger partial charge in [-0.2, -0.15) is 0 Å². The van der Waals surface area contributed by atoms with E-state index in [9.17, 15) is 4.79 Å². The fourth-order valence-corrected chi connectivity index (χ4v) is 5.00. The molecule has 3 heterocycles. The molecule has 1 aliphatic heterocycles. The fraction of sp³-hybridized carbons (Fsp3) is 0.190. The van der Waals surface area contributed by atoms with E-state index in [2.05, 4.69) is 47.9 Å². The number of anilines is 1. The maximum absolute atomic E-state index is 12.6. The van der Waals surface area contributed by atoms with Crippen molar-refractivity contribution in [1.29, 1.82) is 0 Å². The molecular weight excluding hydrogens is 344 g/mol. The first-order chi connectivity index (χ1) is 12.8. The van der Waals surface area contributed by atoms with Crippen molar-refractivity contribution in [3.05, 3.63) is 66.6 Å². The summed E-state index contributed by atoms with van der Waals surface area (Å²) in [4.78, 5) is 14.5. The van der Waals surface area contributed by atoms with Gasteiger partial charge in [0.15, 0.2) is 0 Å². The second kappa shape index (κ2) is 5.95. The lowest BCUT2D eigenvalue weighted by atomic mass is 10.1. The lowest BCUT2D eigenvalue weighted by Gasteiger charge is -2.22. The number of rotatable bonds is 3. The van der Waals surface area contributed by atoms with Gasteiger partial charge in [0.25, 0.3) is 0 Å². The van der Waals surface area contributed by atoms with Crippen molar-refractivity contribution in [2.24, 2.45) is 0 Å². The second-order valence-electron chi connectivity index (χ2n) is 6.41. The number of carbonyl (C=O) groups excluding carboxylic acids is 1. The highest BCUT2D eigenvalue weighted by Crippen LogP contribution is 2.43. The van der Waals surface area contributed by atoms with Crippen LogP contribution in [0.25, 0.3) is 21.8 Å². The molecule has 0 radical (unpaired) electrons. The average Bonchev–Trinajstić information content (AvgIpc) is 3.38. The minimum Gasteiger partial charge on any atom is -0.466 e. The number of benzene rings is 2. The zero-order chi connectivity index (χ0) is 17.7. The van der Waals surface area contributed by atoms with E-state index in [1.165, 1.54) is 21.8 Å². The number of carbonyl (C=O) groups is 1. The SMILES string of the molecule is CCn1c2ccccc2c2cc(N3C(=O)CSC3c3ccco3)ccc21. The van der Waals surface area contributed by atoms with Gasteiger partial charge in [0, 0.05) is 34.0 Å². The lowest BCUT2D eigenvalue weighted by molar-refractivity contribution is -0.115. The summed E-state index contributed by atoms with van der Waals surface area (Å²) in [5, 5.41) is 2.30.